The van der Waals surface area contributed by atoms with Crippen LogP contribution in [0.4, 0.5) is 16.3 Å². The summed E-state index contributed by atoms with van der Waals surface area (Å²) in [7, 11) is 0. The van der Waals surface area contributed by atoms with Gasteiger partial charge in [0.05, 0.1) is 21.3 Å². The van der Waals surface area contributed by atoms with Crippen molar-refractivity contribution in [3.63, 3.8) is 0 Å². The smallest absolute Gasteiger partial charge is 0.339 e. The Labute approximate surface area is 289 Å². The van der Waals surface area contributed by atoms with Gasteiger partial charge in [0.25, 0.3) is 5.56 Å². The fourth-order valence-corrected chi connectivity index (χ4v) is 5.29. The number of hydrogen-bond donors (Lipinski definition) is 3. The number of carbonyl (C=O) groups excluding carboxylic acids is 2. The molecule has 0 saturated carbocycles. The van der Waals surface area contributed by atoms with Crippen molar-refractivity contribution in [3.05, 3.63) is 103 Å². The van der Waals surface area contributed by atoms with Crippen LogP contribution in [-0.4, -0.2) is 35.0 Å². The Kier molecular flexibility index (Phi) is 11.4. The number of aromatic nitrogens is 2. The second kappa shape index (κ2) is 14.9. The molecule has 0 fully saturated rings. The predicted molar refractivity (Wildman–Crippen MR) is 189 cm³/mol. The van der Waals surface area contributed by atoms with E-state index >= 15 is 0 Å². The second-order valence-corrected chi connectivity index (χ2v) is 13.6. The lowest BCUT2D eigenvalue weighted by atomic mass is 9.76. The van der Waals surface area contributed by atoms with E-state index in [0.29, 0.717) is 10.7 Å². The van der Waals surface area contributed by atoms with Gasteiger partial charge in [-0.2, -0.15) is 0 Å². The molecule has 0 unspecified atom stereocenters. The normalized spacial score (nSPS) is 11.7. The minimum Gasteiger partial charge on any atom is -0.490 e. The molecule has 3 N–H and O–H groups in total. The van der Waals surface area contributed by atoms with E-state index in [2.05, 4.69) is 69.4 Å². The number of nitrogens with one attached hydrogen (secondary N) is 3. The first-order valence-corrected chi connectivity index (χ1v) is 16.4. The monoisotopic (exact) mass is 700 g/mol. The van der Waals surface area contributed by atoms with Gasteiger partial charge in [0.2, 0.25) is 0 Å². The van der Waals surface area contributed by atoms with Crippen molar-refractivity contribution in [1.29, 1.82) is 0 Å². The van der Waals surface area contributed by atoms with Gasteiger partial charge in [0, 0.05) is 22.3 Å². The number of anilines is 2. The zero-order chi connectivity index (χ0) is 34.5. The average Bonchev–Trinajstić information content (AvgIpc) is 3.39. The van der Waals surface area contributed by atoms with Crippen LogP contribution in [0.15, 0.2) is 65.5 Å². The molecule has 9 nitrogen and oxygen atoms in total. The Morgan fingerprint density at radius 1 is 0.830 bits per heavy atom. The molecule has 3 aromatic carbocycles. The molecule has 0 aliphatic carbocycles. The summed E-state index contributed by atoms with van der Waals surface area (Å²) in [4.78, 5) is 38.1. The Bertz CT molecular complexity index is 1810. The molecule has 2 amide bonds. The van der Waals surface area contributed by atoms with Crippen LogP contribution in [0, 0.1) is 0 Å². The van der Waals surface area contributed by atoms with E-state index in [0.717, 1.165) is 28.8 Å². The lowest BCUT2D eigenvalue weighted by Crippen LogP contribution is -2.22. The van der Waals surface area contributed by atoms with Gasteiger partial charge in [0.15, 0.2) is 0 Å². The third-order valence-electron chi connectivity index (χ3n) is 8.40. The molecule has 47 heavy (non-hydrogen) atoms. The second-order valence-electron chi connectivity index (χ2n) is 12.4. The van der Waals surface area contributed by atoms with E-state index in [-0.39, 0.29) is 51.2 Å². The molecule has 0 aliphatic rings. The van der Waals surface area contributed by atoms with E-state index in [1.54, 1.807) is 24.3 Å². The molecule has 250 valence electrons. The number of rotatable bonds is 12. The lowest BCUT2D eigenvalue weighted by molar-refractivity contribution is 0.0449. The van der Waals surface area contributed by atoms with Gasteiger partial charge in [-0.15, -0.1) is 0 Å². The summed E-state index contributed by atoms with van der Waals surface area (Å²) in [5.41, 5.74) is 2.47. The summed E-state index contributed by atoms with van der Waals surface area (Å²) in [5.74, 6) is 0.161. The summed E-state index contributed by atoms with van der Waals surface area (Å²) in [6.07, 6.45) is 1.93. The molecule has 1 heterocycles. The van der Waals surface area contributed by atoms with E-state index in [9.17, 15) is 14.4 Å². The predicted octanol–water partition coefficient (Wildman–Crippen LogP) is 9.38. The number of benzene rings is 3. The highest BCUT2D eigenvalue weighted by Gasteiger charge is 2.27. The first-order valence-electron chi connectivity index (χ1n) is 15.2. The van der Waals surface area contributed by atoms with Crippen LogP contribution in [0.5, 0.6) is 5.75 Å². The van der Waals surface area contributed by atoms with Gasteiger partial charge in [-0.25, -0.2) is 14.3 Å². The molecule has 0 spiro atoms. The summed E-state index contributed by atoms with van der Waals surface area (Å²) in [6, 6.07) is 16.1. The molecular formula is C35H39Cl3N4O5. The molecule has 0 radical (unpaired) electrons. The first-order chi connectivity index (χ1) is 22.1. The molecule has 0 bridgehead atoms. The number of aromatic amines is 1. The highest BCUT2D eigenvalue weighted by molar-refractivity contribution is 6.36. The summed E-state index contributed by atoms with van der Waals surface area (Å²) >= 11 is 18.8. The van der Waals surface area contributed by atoms with Crippen molar-refractivity contribution < 1.29 is 19.1 Å². The number of amides is 2. The van der Waals surface area contributed by atoms with Crippen LogP contribution in [0.1, 0.15) is 75.9 Å². The quantitative estimate of drug-likeness (QED) is 0.101. The van der Waals surface area contributed by atoms with Crippen molar-refractivity contribution in [2.45, 2.75) is 65.2 Å². The zero-order valence-corrected chi connectivity index (χ0v) is 29.5. The number of carbonyl (C=O) groups is 2. The Balaban J connectivity index is 1.41. The van der Waals surface area contributed by atoms with Crippen molar-refractivity contribution in [1.82, 2.24) is 9.78 Å². The maximum atomic E-state index is 12.9. The van der Waals surface area contributed by atoms with Gasteiger partial charge in [0.1, 0.15) is 24.8 Å². The van der Waals surface area contributed by atoms with Crippen molar-refractivity contribution in [3.8, 4) is 11.4 Å². The average molecular weight is 702 g/mol. The Morgan fingerprint density at radius 2 is 1.51 bits per heavy atom. The molecule has 0 saturated heterocycles. The first kappa shape index (κ1) is 35.9. The zero-order valence-electron chi connectivity index (χ0n) is 27.2. The van der Waals surface area contributed by atoms with Gasteiger partial charge in [-0.3, -0.25) is 15.2 Å². The van der Waals surface area contributed by atoms with Crippen LogP contribution in [-0.2, 0) is 15.6 Å². The minimum absolute atomic E-state index is 0.0212. The largest absolute Gasteiger partial charge is 0.490 e. The van der Waals surface area contributed by atoms with Gasteiger partial charge >= 0.3 is 12.0 Å². The lowest BCUT2D eigenvalue weighted by Gasteiger charge is -2.30. The van der Waals surface area contributed by atoms with Crippen molar-refractivity contribution in [2.24, 2.45) is 0 Å². The van der Waals surface area contributed by atoms with Gasteiger partial charge in [-0.1, -0.05) is 88.5 Å². The van der Waals surface area contributed by atoms with Crippen molar-refractivity contribution in [2.75, 3.05) is 23.8 Å². The van der Waals surface area contributed by atoms with E-state index in [1.165, 1.54) is 23.8 Å². The third kappa shape index (κ3) is 8.71. The molecule has 4 rings (SSSR count). The SMILES string of the molecule is CCC(C)(C)c1ccc(OCCOC(=O)c2cc(Cl)c(-n3[nH]c(NC(=O)Nc4ccc(Cl)cc4)cc3=O)cc2Cl)c(C(C)(C)CC)c1. The number of halogens is 3. The molecule has 0 aliphatic heterocycles. The van der Waals surface area contributed by atoms with Gasteiger partial charge < -0.3 is 14.8 Å². The maximum Gasteiger partial charge on any atom is 0.339 e. The fourth-order valence-electron chi connectivity index (χ4n) is 4.68. The van der Waals surface area contributed by atoms with E-state index < -0.39 is 17.6 Å². The third-order valence-corrected chi connectivity index (χ3v) is 9.27. The molecule has 0 atom stereocenters. The summed E-state index contributed by atoms with van der Waals surface area (Å²) in [5, 5.41) is 8.55. The molecular weight excluding hydrogens is 663 g/mol. The number of hydrogen-bond acceptors (Lipinski definition) is 5. The highest BCUT2D eigenvalue weighted by Crippen LogP contribution is 2.38. The molecule has 12 heteroatoms. The highest BCUT2D eigenvalue weighted by atomic mass is 35.5. The van der Waals surface area contributed by atoms with Crippen LogP contribution in [0.25, 0.3) is 5.69 Å². The fraction of sp³-hybridized carbons (Fsp3) is 0.343. The Morgan fingerprint density at radius 3 is 2.17 bits per heavy atom. The molecule has 1 aromatic heterocycles. The van der Waals surface area contributed by atoms with Crippen molar-refractivity contribution >= 4 is 58.3 Å². The standard InChI is InChI=1S/C35H39Cl3N4O5/c1-7-34(3,4)21-9-14-29(25(17-21)35(5,6)8-2)46-15-16-47-32(44)24-18-27(38)28(19-26(24)37)42-31(43)20-30(41-42)40-33(45)39-23-12-10-22(36)11-13-23/h9-14,17-20,41H,7-8,15-16H2,1-6H3,(H2,39,40,45). The van der Waals surface area contributed by atoms with Crippen LogP contribution in [0.2, 0.25) is 15.1 Å². The topological polar surface area (TPSA) is 114 Å². The summed E-state index contributed by atoms with van der Waals surface area (Å²) in [6.45, 7) is 13.3. The number of ether oxygens (including phenoxy) is 2. The number of H-pyrrole nitrogens is 1. The van der Waals surface area contributed by atoms with Crippen LogP contribution < -0.4 is 20.9 Å². The van der Waals surface area contributed by atoms with Crippen LogP contribution in [0.3, 0.4) is 0 Å². The Hall–Kier alpha value is -3.92. The minimum atomic E-state index is -0.693. The number of nitrogens with zero attached hydrogens (tertiary/aromatic N) is 1. The van der Waals surface area contributed by atoms with E-state index in [4.69, 9.17) is 44.3 Å². The van der Waals surface area contributed by atoms with E-state index in [1.807, 2.05) is 6.07 Å². The number of esters is 1. The van der Waals surface area contributed by atoms with Gasteiger partial charge in [-0.05, 0) is 71.7 Å². The molecule has 4 aromatic rings. The van der Waals surface area contributed by atoms with Crippen LogP contribution >= 0.6 is 34.8 Å². The number of urea groups is 1. The summed E-state index contributed by atoms with van der Waals surface area (Å²) < 4.78 is 12.7. The maximum absolute atomic E-state index is 12.9.